The quantitative estimate of drug-likeness (QED) is 0.434. The van der Waals surface area contributed by atoms with Gasteiger partial charge >= 0.3 is 0 Å². The van der Waals surface area contributed by atoms with Crippen LogP contribution in [0.15, 0.2) is 39.2 Å². The zero-order chi connectivity index (χ0) is 11.2. The molecule has 2 rings (SSSR count). The maximum atomic E-state index is 11.7. The van der Waals surface area contributed by atoms with Gasteiger partial charge in [0, 0.05) is 6.42 Å². The second-order valence-corrected chi connectivity index (χ2v) is 6.58. The van der Waals surface area contributed by atoms with E-state index in [9.17, 15) is 4.79 Å². The van der Waals surface area contributed by atoms with E-state index < -0.39 is 0 Å². The van der Waals surface area contributed by atoms with Gasteiger partial charge in [0.2, 0.25) is 0 Å². The van der Waals surface area contributed by atoms with Crippen LogP contribution in [0.4, 0.5) is 0 Å². The van der Waals surface area contributed by atoms with Gasteiger partial charge in [0.05, 0.1) is 9.09 Å². The second-order valence-electron chi connectivity index (χ2n) is 3.28. The minimum absolute atomic E-state index is 0.279. The van der Waals surface area contributed by atoms with E-state index in [-0.39, 0.29) is 5.78 Å². The highest BCUT2D eigenvalue weighted by Crippen LogP contribution is 2.24. The number of thioether (sulfide) groups is 1. The molecule has 0 bridgehead atoms. The van der Waals surface area contributed by atoms with Gasteiger partial charge in [-0.1, -0.05) is 12.1 Å². The van der Waals surface area contributed by atoms with Gasteiger partial charge in [0.1, 0.15) is 0 Å². The highest BCUT2D eigenvalue weighted by molar-refractivity contribution is 8.01. The van der Waals surface area contributed by atoms with Gasteiger partial charge in [-0.2, -0.15) is 0 Å². The summed E-state index contributed by atoms with van der Waals surface area (Å²) in [5.74, 6) is 1.30. The van der Waals surface area contributed by atoms with Crippen molar-refractivity contribution in [2.24, 2.45) is 0 Å². The van der Waals surface area contributed by atoms with E-state index in [1.807, 2.05) is 29.3 Å². The van der Waals surface area contributed by atoms with Gasteiger partial charge in [-0.15, -0.1) is 34.4 Å². The highest BCUT2D eigenvalue weighted by atomic mass is 32.2. The molecule has 0 fully saturated rings. The second kappa shape index (κ2) is 6.23. The molecule has 2 heterocycles. The summed E-state index contributed by atoms with van der Waals surface area (Å²) in [6.07, 6.45) is 1.62. The fraction of sp³-hybridized carbons (Fsp3) is 0.250. The number of Topliss-reactive ketones (excluding diaryl/α,β-unsaturated/α-hetero) is 1. The molecular formula is C12H12OS3. The molecule has 0 radical (unpaired) electrons. The SMILES string of the molecule is O=C(CCCSc1cccs1)c1cccs1. The summed E-state index contributed by atoms with van der Waals surface area (Å²) in [5.41, 5.74) is 0. The topological polar surface area (TPSA) is 17.1 Å². The number of hydrogen-bond acceptors (Lipinski definition) is 4. The fourth-order valence-corrected chi connectivity index (χ4v) is 3.81. The van der Waals surface area contributed by atoms with Crippen LogP contribution in [0.25, 0.3) is 0 Å². The first-order chi connectivity index (χ1) is 7.86. The Morgan fingerprint density at radius 1 is 1.19 bits per heavy atom. The van der Waals surface area contributed by atoms with E-state index in [4.69, 9.17) is 0 Å². The molecule has 0 saturated heterocycles. The monoisotopic (exact) mass is 268 g/mol. The summed E-state index contributed by atoms with van der Waals surface area (Å²) < 4.78 is 1.34. The number of rotatable bonds is 6. The minimum atomic E-state index is 0.279. The van der Waals surface area contributed by atoms with Gasteiger partial charge < -0.3 is 0 Å². The fourth-order valence-electron chi connectivity index (χ4n) is 1.31. The van der Waals surface area contributed by atoms with Crippen LogP contribution >= 0.6 is 34.4 Å². The van der Waals surface area contributed by atoms with Crippen LogP contribution < -0.4 is 0 Å². The van der Waals surface area contributed by atoms with Crippen molar-refractivity contribution in [3.8, 4) is 0 Å². The lowest BCUT2D eigenvalue weighted by Gasteiger charge is -1.98. The van der Waals surface area contributed by atoms with Crippen molar-refractivity contribution in [3.63, 3.8) is 0 Å². The van der Waals surface area contributed by atoms with Gasteiger partial charge in [-0.25, -0.2) is 0 Å². The Labute approximate surface area is 108 Å². The molecule has 0 aliphatic rings. The zero-order valence-electron chi connectivity index (χ0n) is 8.72. The first-order valence-electron chi connectivity index (χ1n) is 5.09. The van der Waals surface area contributed by atoms with Crippen molar-refractivity contribution in [1.82, 2.24) is 0 Å². The van der Waals surface area contributed by atoms with Crippen molar-refractivity contribution in [3.05, 3.63) is 39.9 Å². The zero-order valence-corrected chi connectivity index (χ0v) is 11.2. The molecule has 16 heavy (non-hydrogen) atoms. The molecule has 0 atom stereocenters. The lowest BCUT2D eigenvalue weighted by Crippen LogP contribution is -1.96. The first kappa shape index (κ1) is 11.9. The summed E-state index contributed by atoms with van der Waals surface area (Å²) in [7, 11) is 0. The van der Waals surface area contributed by atoms with E-state index >= 15 is 0 Å². The standard InChI is InChI=1S/C12H12OS3/c13-10(11-5-2-7-14-11)4-1-8-15-12-6-3-9-16-12/h2-3,5-7,9H,1,4,8H2. The third-order valence-electron chi connectivity index (χ3n) is 2.08. The lowest BCUT2D eigenvalue weighted by atomic mass is 10.2. The Balaban J connectivity index is 1.67. The molecule has 0 spiro atoms. The van der Waals surface area contributed by atoms with Crippen molar-refractivity contribution in [1.29, 1.82) is 0 Å². The average molecular weight is 268 g/mol. The highest BCUT2D eigenvalue weighted by Gasteiger charge is 2.06. The van der Waals surface area contributed by atoms with Crippen LogP contribution in [0.5, 0.6) is 0 Å². The first-order valence-corrected chi connectivity index (χ1v) is 7.84. The molecule has 1 nitrogen and oxygen atoms in total. The molecule has 0 aliphatic carbocycles. The predicted molar refractivity (Wildman–Crippen MR) is 72.9 cm³/mol. The van der Waals surface area contributed by atoms with Gasteiger partial charge in [-0.3, -0.25) is 4.79 Å². The van der Waals surface area contributed by atoms with Crippen LogP contribution in [-0.2, 0) is 0 Å². The van der Waals surface area contributed by atoms with Gasteiger partial charge in [-0.05, 0) is 35.1 Å². The summed E-state index contributed by atoms with van der Waals surface area (Å²) in [6.45, 7) is 0. The van der Waals surface area contributed by atoms with Crippen molar-refractivity contribution < 1.29 is 4.79 Å². The normalized spacial score (nSPS) is 10.5. The predicted octanol–water partition coefficient (Wildman–Crippen LogP) is 4.56. The smallest absolute Gasteiger partial charge is 0.172 e. The van der Waals surface area contributed by atoms with Crippen LogP contribution in [0.3, 0.4) is 0 Å². The molecular weight excluding hydrogens is 256 g/mol. The van der Waals surface area contributed by atoms with Crippen LogP contribution in [0.2, 0.25) is 0 Å². The number of hydrogen-bond donors (Lipinski definition) is 0. The Hall–Kier alpha value is -0.580. The number of ketones is 1. The van der Waals surface area contributed by atoms with Crippen molar-refractivity contribution in [2.75, 3.05) is 5.75 Å². The molecule has 0 amide bonds. The summed E-state index contributed by atoms with van der Waals surface area (Å²) in [5, 5.41) is 4.03. The summed E-state index contributed by atoms with van der Waals surface area (Å²) in [6, 6.07) is 8.01. The third-order valence-corrected chi connectivity index (χ3v) is 5.21. The van der Waals surface area contributed by atoms with Gasteiger partial charge in [0.25, 0.3) is 0 Å². The minimum Gasteiger partial charge on any atom is -0.293 e. The van der Waals surface area contributed by atoms with Crippen molar-refractivity contribution in [2.45, 2.75) is 17.1 Å². The Bertz CT molecular complexity index is 417. The molecule has 0 unspecified atom stereocenters. The van der Waals surface area contributed by atoms with Gasteiger partial charge in [0.15, 0.2) is 5.78 Å². The largest absolute Gasteiger partial charge is 0.293 e. The van der Waals surface area contributed by atoms with E-state index in [1.54, 1.807) is 11.3 Å². The molecule has 84 valence electrons. The molecule has 0 aliphatic heterocycles. The summed E-state index contributed by atoms with van der Waals surface area (Å²) >= 11 is 5.13. The Morgan fingerprint density at radius 2 is 2.00 bits per heavy atom. The molecule has 4 heteroatoms. The van der Waals surface area contributed by atoms with E-state index in [0.29, 0.717) is 6.42 Å². The van der Waals surface area contributed by atoms with E-state index in [2.05, 4.69) is 17.5 Å². The maximum Gasteiger partial charge on any atom is 0.172 e. The number of carbonyl (C=O) groups is 1. The Kier molecular flexibility index (Phi) is 4.63. The third kappa shape index (κ3) is 3.47. The number of carbonyl (C=O) groups excluding carboxylic acids is 1. The summed E-state index contributed by atoms with van der Waals surface area (Å²) in [4.78, 5) is 12.6. The molecule has 0 N–H and O–H groups in total. The van der Waals surface area contributed by atoms with Crippen LogP contribution in [0.1, 0.15) is 22.5 Å². The average Bonchev–Trinajstić information content (AvgIpc) is 2.96. The van der Waals surface area contributed by atoms with Crippen molar-refractivity contribution >= 4 is 40.2 Å². The number of thiophene rings is 2. The van der Waals surface area contributed by atoms with E-state index in [1.165, 1.54) is 15.5 Å². The van der Waals surface area contributed by atoms with Crippen LogP contribution in [-0.4, -0.2) is 11.5 Å². The van der Waals surface area contributed by atoms with Crippen LogP contribution in [0, 0.1) is 0 Å². The Morgan fingerprint density at radius 3 is 2.69 bits per heavy atom. The maximum absolute atomic E-state index is 11.7. The molecule has 2 aromatic rings. The molecule has 2 aromatic heterocycles. The lowest BCUT2D eigenvalue weighted by molar-refractivity contribution is 0.0986. The molecule has 0 saturated carbocycles. The molecule has 0 aromatic carbocycles. The van der Waals surface area contributed by atoms with E-state index in [0.717, 1.165) is 17.1 Å².